The lowest BCUT2D eigenvalue weighted by Crippen LogP contribution is -2.41. The van der Waals surface area contributed by atoms with Gasteiger partial charge in [0.25, 0.3) is 0 Å². The highest BCUT2D eigenvalue weighted by atomic mass is 16.5. The Morgan fingerprint density at radius 3 is 2.72 bits per heavy atom. The highest BCUT2D eigenvalue weighted by Crippen LogP contribution is 2.35. The summed E-state index contributed by atoms with van der Waals surface area (Å²) in [6.07, 6.45) is 3.56. The second-order valence-corrected chi connectivity index (χ2v) is 6.52. The molecular formula is C15H29NO2. The third-order valence-electron chi connectivity index (χ3n) is 3.85. The first-order valence-corrected chi connectivity index (χ1v) is 7.17. The van der Waals surface area contributed by atoms with Crippen LogP contribution < -0.4 is 0 Å². The summed E-state index contributed by atoms with van der Waals surface area (Å²) in [6, 6.07) is 0. The zero-order valence-corrected chi connectivity index (χ0v) is 12.7. The van der Waals surface area contributed by atoms with E-state index >= 15 is 0 Å². The van der Waals surface area contributed by atoms with E-state index in [1.807, 2.05) is 13.8 Å². The highest BCUT2D eigenvalue weighted by molar-refractivity contribution is 5.87. The third kappa shape index (κ3) is 4.69. The average Bonchev–Trinajstić information content (AvgIpc) is 2.24. The van der Waals surface area contributed by atoms with Crippen LogP contribution in [0.3, 0.4) is 0 Å². The Morgan fingerprint density at radius 2 is 2.11 bits per heavy atom. The van der Waals surface area contributed by atoms with E-state index in [0.29, 0.717) is 5.78 Å². The van der Waals surface area contributed by atoms with Gasteiger partial charge in [-0.15, -0.1) is 0 Å². The van der Waals surface area contributed by atoms with Crippen molar-refractivity contribution in [3.63, 3.8) is 0 Å². The molecule has 0 N–H and O–H groups in total. The number of hydrogen-bond acceptors (Lipinski definition) is 3. The summed E-state index contributed by atoms with van der Waals surface area (Å²) in [5, 5.41) is 0. The maximum absolute atomic E-state index is 12.3. The summed E-state index contributed by atoms with van der Waals surface area (Å²) in [7, 11) is 2.08. The van der Waals surface area contributed by atoms with Gasteiger partial charge in [-0.25, -0.2) is 0 Å². The summed E-state index contributed by atoms with van der Waals surface area (Å²) in [6.45, 7) is 10.8. The van der Waals surface area contributed by atoms with E-state index < -0.39 is 0 Å². The lowest BCUT2D eigenvalue weighted by atomic mass is 9.71. The van der Waals surface area contributed by atoms with Crippen LogP contribution in [0.4, 0.5) is 0 Å². The van der Waals surface area contributed by atoms with E-state index in [4.69, 9.17) is 4.74 Å². The first kappa shape index (κ1) is 15.6. The normalized spacial score (nSPS) is 23.9. The second-order valence-electron chi connectivity index (χ2n) is 6.52. The summed E-state index contributed by atoms with van der Waals surface area (Å²) < 4.78 is 5.54. The van der Waals surface area contributed by atoms with Crippen molar-refractivity contribution in [3.05, 3.63) is 0 Å². The molecule has 1 unspecified atom stereocenters. The number of carbonyl (C=O) groups excluding carboxylic acids is 1. The molecule has 0 saturated heterocycles. The molecule has 1 rings (SSSR count). The van der Waals surface area contributed by atoms with Crippen molar-refractivity contribution in [2.24, 2.45) is 11.3 Å². The molecule has 18 heavy (non-hydrogen) atoms. The molecule has 0 aromatic rings. The Morgan fingerprint density at radius 1 is 1.44 bits per heavy atom. The molecule has 0 spiro atoms. The van der Waals surface area contributed by atoms with Crippen LogP contribution in [-0.4, -0.2) is 43.5 Å². The van der Waals surface area contributed by atoms with E-state index in [1.54, 1.807) is 0 Å². The van der Waals surface area contributed by atoms with Gasteiger partial charge in [0.1, 0.15) is 5.78 Å². The average molecular weight is 255 g/mol. The van der Waals surface area contributed by atoms with Gasteiger partial charge in [-0.3, -0.25) is 4.79 Å². The summed E-state index contributed by atoms with van der Waals surface area (Å²) in [5.74, 6) is 0.670. The number of ketones is 1. The van der Waals surface area contributed by atoms with Crippen LogP contribution in [0.5, 0.6) is 0 Å². The molecule has 0 aromatic carbocycles. The number of ether oxygens (including phenoxy) is 1. The molecule has 3 heteroatoms. The number of likely N-dealkylation sites (N-methyl/N-ethyl adjacent to an activating group) is 1. The number of carbonyl (C=O) groups is 1. The van der Waals surface area contributed by atoms with Crippen LogP contribution in [0.1, 0.15) is 47.0 Å². The summed E-state index contributed by atoms with van der Waals surface area (Å²) in [4.78, 5) is 14.5. The zero-order chi connectivity index (χ0) is 13.8. The van der Waals surface area contributed by atoms with Crippen LogP contribution in [-0.2, 0) is 9.53 Å². The number of nitrogens with zero attached hydrogens (tertiary/aromatic N) is 1. The molecule has 1 aliphatic carbocycles. The number of Topliss-reactive ketones (excluding diaryl/α,β-unsaturated/α-hetero) is 1. The number of hydrogen-bond donors (Lipinski definition) is 0. The first-order chi connectivity index (χ1) is 8.33. The van der Waals surface area contributed by atoms with Gasteiger partial charge in [-0.1, -0.05) is 20.3 Å². The molecule has 0 amide bonds. The minimum absolute atomic E-state index is 0.113. The van der Waals surface area contributed by atoms with E-state index in [2.05, 4.69) is 25.8 Å². The molecule has 0 aromatic heterocycles. The second kappa shape index (κ2) is 6.67. The minimum atomic E-state index is -0.113. The minimum Gasteiger partial charge on any atom is -0.377 e. The lowest BCUT2D eigenvalue weighted by Gasteiger charge is -2.35. The predicted octanol–water partition coefficient (Wildman–Crippen LogP) is 2.74. The summed E-state index contributed by atoms with van der Waals surface area (Å²) in [5.41, 5.74) is -0.113. The smallest absolute Gasteiger partial charge is 0.142 e. The molecule has 0 radical (unpaired) electrons. The third-order valence-corrected chi connectivity index (χ3v) is 3.85. The predicted molar refractivity (Wildman–Crippen MR) is 74.7 cm³/mol. The molecule has 1 fully saturated rings. The van der Waals surface area contributed by atoms with Crippen molar-refractivity contribution in [2.75, 3.05) is 26.7 Å². The van der Waals surface area contributed by atoms with E-state index in [0.717, 1.165) is 32.5 Å². The molecule has 1 atom stereocenters. The Bertz CT molecular complexity index is 274. The van der Waals surface area contributed by atoms with Crippen molar-refractivity contribution in [3.8, 4) is 0 Å². The molecule has 1 saturated carbocycles. The van der Waals surface area contributed by atoms with Gasteiger partial charge in [-0.05, 0) is 33.7 Å². The standard InChI is InChI=1S/C15H29NO2/c1-12(2)18-10-9-16(5)11-13-7-6-8-15(3,4)14(13)17/h12-13H,6-11H2,1-5H3. The molecule has 3 nitrogen and oxygen atoms in total. The molecular weight excluding hydrogens is 226 g/mol. The van der Waals surface area contributed by atoms with Crippen molar-refractivity contribution < 1.29 is 9.53 Å². The van der Waals surface area contributed by atoms with E-state index in [-0.39, 0.29) is 17.4 Å². The van der Waals surface area contributed by atoms with Gasteiger partial charge in [0.05, 0.1) is 12.7 Å². The van der Waals surface area contributed by atoms with Gasteiger partial charge in [0, 0.05) is 24.4 Å². The van der Waals surface area contributed by atoms with Gasteiger partial charge >= 0.3 is 0 Å². The molecule has 1 aliphatic rings. The van der Waals surface area contributed by atoms with E-state index in [1.165, 1.54) is 6.42 Å². The Balaban J connectivity index is 2.35. The Kier molecular flexibility index (Phi) is 5.80. The van der Waals surface area contributed by atoms with Crippen molar-refractivity contribution >= 4 is 5.78 Å². The Labute approximate surface area is 112 Å². The molecule has 0 heterocycles. The van der Waals surface area contributed by atoms with Crippen LogP contribution in [0, 0.1) is 11.3 Å². The van der Waals surface area contributed by atoms with Crippen molar-refractivity contribution in [1.82, 2.24) is 4.90 Å². The zero-order valence-electron chi connectivity index (χ0n) is 12.7. The van der Waals surface area contributed by atoms with Crippen LogP contribution in [0.25, 0.3) is 0 Å². The monoisotopic (exact) mass is 255 g/mol. The fraction of sp³-hybridized carbons (Fsp3) is 0.933. The van der Waals surface area contributed by atoms with Gasteiger partial charge < -0.3 is 9.64 Å². The van der Waals surface area contributed by atoms with Crippen molar-refractivity contribution in [2.45, 2.75) is 53.1 Å². The van der Waals surface area contributed by atoms with Gasteiger partial charge in [0.15, 0.2) is 0 Å². The fourth-order valence-corrected chi connectivity index (χ4v) is 2.68. The molecule has 106 valence electrons. The fourth-order valence-electron chi connectivity index (χ4n) is 2.68. The maximum atomic E-state index is 12.3. The topological polar surface area (TPSA) is 29.5 Å². The highest BCUT2D eigenvalue weighted by Gasteiger charge is 2.37. The van der Waals surface area contributed by atoms with Crippen LogP contribution in [0.2, 0.25) is 0 Å². The molecule has 0 bridgehead atoms. The Hall–Kier alpha value is -0.410. The van der Waals surface area contributed by atoms with Gasteiger partial charge in [-0.2, -0.15) is 0 Å². The largest absolute Gasteiger partial charge is 0.377 e. The van der Waals surface area contributed by atoms with Crippen LogP contribution >= 0.6 is 0 Å². The maximum Gasteiger partial charge on any atom is 0.142 e. The van der Waals surface area contributed by atoms with Crippen molar-refractivity contribution in [1.29, 1.82) is 0 Å². The first-order valence-electron chi connectivity index (χ1n) is 7.17. The lowest BCUT2D eigenvalue weighted by molar-refractivity contribution is -0.134. The number of rotatable bonds is 6. The van der Waals surface area contributed by atoms with Gasteiger partial charge in [0.2, 0.25) is 0 Å². The van der Waals surface area contributed by atoms with E-state index in [9.17, 15) is 4.79 Å². The summed E-state index contributed by atoms with van der Waals surface area (Å²) >= 11 is 0. The molecule has 0 aliphatic heterocycles. The van der Waals surface area contributed by atoms with Crippen LogP contribution in [0.15, 0.2) is 0 Å². The quantitative estimate of drug-likeness (QED) is 0.731. The SMILES string of the molecule is CC(C)OCCN(C)CC1CCCC(C)(C)C1=O.